The Bertz CT molecular complexity index is 418. The molecule has 15 heavy (non-hydrogen) atoms. The van der Waals surface area contributed by atoms with Gasteiger partial charge in [-0.05, 0) is 17.7 Å². The van der Waals surface area contributed by atoms with Crippen molar-refractivity contribution in [3.63, 3.8) is 0 Å². The lowest BCUT2D eigenvalue weighted by molar-refractivity contribution is 0.171. The number of hydrogen-bond donors (Lipinski definition) is 0. The molecule has 3 nitrogen and oxygen atoms in total. The van der Waals surface area contributed by atoms with Gasteiger partial charge < -0.3 is 9.47 Å². The number of rotatable bonds is 2. The minimum atomic E-state index is 0.425. The van der Waals surface area contributed by atoms with E-state index >= 15 is 0 Å². The summed E-state index contributed by atoms with van der Waals surface area (Å²) in [5, 5.41) is 8.39. The molecule has 0 radical (unpaired) electrons. The van der Waals surface area contributed by atoms with Gasteiger partial charge in [-0.2, -0.15) is 5.26 Å². The first kappa shape index (κ1) is 9.60. The first-order valence-electron chi connectivity index (χ1n) is 4.83. The van der Waals surface area contributed by atoms with Gasteiger partial charge in [0, 0.05) is 0 Å². The smallest absolute Gasteiger partial charge is 0.161 e. The molecule has 0 N–H and O–H groups in total. The second-order valence-electron chi connectivity index (χ2n) is 3.17. The van der Waals surface area contributed by atoms with E-state index in [1.165, 1.54) is 0 Å². The zero-order valence-corrected chi connectivity index (χ0v) is 8.27. The topological polar surface area (TPSA) is 42.2 Å². The predicted molar refractivity (Wildman–Crippen MR) is 56.7 cm³/mol. The van der Waals surface area contributed by atoms with Crippen molar-refractivity contribution in [1.29, 1.82) is 5.26 Å². The maximum Gasteiger partial charge on any atom is 0.161 e. The van der Waals surface area contributed by atoms with Crippen LogP contribution in [-0.4, -0.2) is 13.2 Å². The Morgan fingerprint density at radius 3 is 2.87 bits per heavy atom. The highest BCUT2D eigenvalue weighted by Crippen LogP contribution is 2.31. The summed E-state index contributed by atoms with van der Waals surface area (Å²) in [5.41, 5.74) is 1.02. The van der Waals surface area contributed by atoms with Gasteiger partial charge in [0.15, 0.2) is 11.5 Å². The van der Waals surface area contributed by atoms with Crippen LogP contribution < -0.4 is 9.47 Å². The third-order valence-electron chi connectivity index (χ3n) is 2.09. The molecule has 0 saturated carbocycles. The molecule has 1 heterocycles. The van der Waals surface area contributed by atoms with Crippen molar-refractivity contribution in [2.45, 2.75) is 6.42 Å². The van der Waals surface area contributed by atoms with Crippen molar-refractivity contribution in [2.75, 3.05) is 13.2 Å². The molecule has 0 atom stereocenters. The molecule has 1 aliphatic rings. The molecule has 0 spiro atoms. The summed E-state index contributed by atoms with van der Waals surface area (Å²) in [7, 11) is 0. The third-order valence-corrected chi connectivity index (χ3v) is 2.09. The summed E-state index contributed by atoms with van der Waals surface area (Å²) in [6.45, 7) is 1.20. The minimum absolute atomic E-state index is 0.425. The molecule has 1 aliphatic heterocycles. The molecule has 0 bridgehead atoms. The normalized spacial score (nSPS) is 13.8. The van der Waals surface area contributed by atoms with Crippen LogP contribution in [0.1, 0.15) is 12.0 Å². The van der Waals surface area contributed by atoms with Crippen LogP contribution in [-0.2, 0) is 0 Å². The summed E-state index contributed by atoms with van der Waals surface area (Å²) < 4.78 is 10.8. The lowest BCUT2D eigenvalue weighted by atomic mass is 10.1. The van der Waals surface area contributed by atoms with Crippen molar-refractivity contribution in [2.24, 2.45) is 0 Å². The van der Waals surface area contributed by atoms with Gasteiger partial charge in [-0.15, -0.1) is 0 Å². The van der Waals surface area contributed by atoms with Crippen molar-refractivity contribution >= 4 is 6.08 Å². The molecule has 0 saturated heterocycles. The Labute approximate surface area is 88.5 Å². The van der Waals surface area contributed by atoms with Gasteiger partial charge in [0.25, 0.3) is 0 Å². The average Bonchev–Trinajstić information content (AvgIpc) is 2.29. The Hall–Kier alpha value is -1.95. The molecule has 0 aromatic heterocycles. The summed E-state index contributed by atoms with van der Waals surface area (Å²) in [6, 6.07) is 7.81. The van der Waals surface area contributed by atoms with E-state index < -0.39 is 0 Å². The molecule has 2 rings (SSSR count). The maximum atomic E-state index is 8.39. The Morgan fingerprint density at radius 2 is 2.07 bits per heavy atom. The Balaban J connectivity index is 2.17. The quantitative estimate of drug-likeness (QED) is 0.737. The fourth-order valence-electron chi connectivity index (χ4n) is 1.41. The zero-order chi connectivity index (χ0) is 10.5. The molecule has 76 valence electrons. The molecule has 3 heteroatoms. The maximum absolute atomic E-state index is 8.39. The number of ether oxygens (including phenoxy) is 2. The van der Waals surface area contributed by atoms with E-state index in [1.807, 2.05) is 30.4 Å². The number of allylic oxidation sites excluding steroid dienone is 1. The number of nitrogens with zero attached hydrogens (tertiary/aromatic N) is 1. The van der Waals surface area contributed by atoms with Crippen LogP contribution in [0.4, 0.5) is 0 Å². The van der Waals surface area contributed by atoms with Gasteiger partial charge >= 0.3 is 0 Å². The first-order chi connectivity index (χ1) is 7.40. The van der Waals surface area contributed by atoms with Crippen LogP contribution in [0.3, 0.4) is 0 Å². The third kappa shape index (κ3) is 2.29. The lowest BCUT2D eigenvalue weighted by Gasteiger charge is -2.18. The monoisotopic (exact) mass is 201 g/mol. The number of nitriles is 1. The summed E-state index contributed by atoms with van der Waals surface area (Å²) in [5.74, 6) is 1.57. The molecular formula is C12H11NO2. The lowest BCUT2D eigenvalue weighted by Crippen LogP contribution is -2.15. The second kappa shape index (κ2) is 4.52. The highest BCUT2D eigenvalue weighted by atomic mass is 16.6. The molecular weight excluding hydrogens is 190 g/mol. The number of benzene rings is 1. The van der Waals surface area contributed by atoms with E-state index in [-0.39, 0.29) is 0 Å². The Kier molecular flexibility index (Phi) is 2.89. The highest BCUT2D eigenvalue weighted by molar-refractivity contribution is 5.56. The van der Waals surface area contributed by atoms with Crippen molar-refractivity contribution in [3.05, 3.63) is 29.8 Å². The minimum Gasteiger partial charge on any atom is -0.486 e. The number of hydrogen-bond acceptors (Lipinski definition) is 3. The SMILES string of the molecule is N#CCC=Cc1ccc2c(c1)OCCO2. The van der Waals surface area contributed by atoms with Gasteiger partial charge in [0.1, 0.15) is 13.2 Å². The van der Waals surface area contributed by atoms with Crippen molar-refractivity contribution < 1.29 is 9.47 Å². The van der Waals surface area contributed by atoms with Crippen LogP contribution >= 0.6 is 0 Å². The summed E-state index contributed by atoms with van der Waals surface area (Å²) in [4.78, 5) is 0. The van der Waals surface area contributed by atoms with Gasteiger partial charge in [-0.3, -0.25) is 0 Å². The molecule has 0 unspecified atom stereocenters. The van der Waals surface area contributed by atoms with Crippen molar-refractivity contribution in [3.8, 4) is 17.6 Å². The molecule has 0 aliphatic carbocycles. The van der Waals surface area contributed by atoms with Gasteiger partial charge in [0.05, 0.1) is 12.5 Å². The van der Waals surface area contributed by atoms with E-state index in [9.17, 15) is 0 Å². The van der Waals surface area contributed by atoms with E-state index in [1.54, 1.807) is 0 Å². The fourth-order valence-corrected chi connectivity index (χ4v) is 1.41. The van der Waals surface area contributed by atoms with Crippen LogP contribution in [0, 0.1) is 11.3 Å². The van der Waals surface area contributed by atoms with Crippen molar-refractivity contribution in [1.82, 2.24) is 0 Å². The van der Waals surface area contributed by atoms with E-state index in [0.717, 1.165) is 17.1 Å². The molecule has 0 fully saturated rings. The summed E-state index contributed by atoms with van der Waals surface area (Å²) in [6.07, 6.45) is 4.15. The highest BCUT2D eigenvalue weighted by Gasteiger charge is 2.10. The van der Waals surface area contributed by atoms with Crippen LogP contribution in [0.2, 0.25) is 0 Å². The predicted octanol–water partition coefficient (Wildman–Crippen LogP) is 2.38. The fraction of sp³-hybridized carbons (Fsp3) is 0.250. The van der Waals surface area contributed by atoms with E-state index in [0.29, 0.717) is 19.6 Å². The largest absolute Gasteiger partial charge is 0.486 e. The number of fused-ring (bicyclic) bond motifs is 1. The standard InChI is InChI=1S/C12H11NO2/c13-6-2-1-3-10-4-5-11-12(9-10)15-8-7-14-11/h1,3-5,9H,2,7-8H2. The van der Waals surface area contributed by atoms with E-state index in [4.69, 9.17) is 14.7 Å². The van der Waals surface area contributed by atoms with Gasteiger partial charge in [0.2, 0.25) is 0 Å². The van der Waals surface area contributed by atoms with E-state index in [2.05, 4.69) is 6.07 Å². The Morgan fingerprint density at radius 1 is 1.27 bits per heavy atom. The zero-order valence-electron chi connectivity index (χ0n) is 8.27. The molecule has 1 aromatic carbocycles. The van der Waals surface area contributed by atoms with Crippen LogP contribution in [0.5, 0.6) is 11.5 Å². The van der Waals surface area contributed by atoms with Crippen LogP contribution in [0.25, 0.3) is 6.08 Å². The van der Waals surface area contributed by atoms with Gasteiger partial charge in [-0.1, -0.05) is 18.2 Å². The first-order valence-corrected chi connectivity index (χ1v) is 4.83. The molecule has 1 aromatic rings. The molecule has 0 amide bonds. The summed E-state index contributed by atoms with van der Waals surface area (Å²) >= 11 is 0. The average molecular weight is 201 g/mol. The van der Waals surface area contributed by atoms with Gasteiger partial charge in [-0.25, -0.2) is 0 Å². The van der Waals surface area contributed by atoms with Crippen LogP contribution in [0.15, 0.2) is 24.3 Å². The second-order valence-corrected chi connectivity index (χ2v) is 3.17.